The molecule has 1 aromatic rings. The molecule has 1 atom stereocenters. The van der Waals surface area contributed by atoms with Crippen LogP contribution in [0.4, 0.5) is 11.4 Å². The highest BCUT2D eigenvalue weighted by Gasteiger charge is 2.29. The second-order valence-electron chi connectivity index (χ2n) is 4.74. The first kappa shape index (κ1) is 13.5. The summed E-state index contributed by atoms with van der Waals surface area (Å²) in [5.41, 5.74) is 0.802. The van der Waals surface area contributed by atoms with Crippen molar-refractivity contribution in [2.75, 3.05) is 31.6 Å². The van der Waals surface area contributed by atoms with Crippen molar-refractivity contribution < 1.29 is 9.72 Å². The molecular formula is C13H17N3O3. The van der Waals surface area contributed by atoms with Crippen LogP contribution in [0.3, 0.4) is 0 Å². The number of carbonyl (C=O) groups is 1. The molecule has 0 amide bonds. The number of hydrogen-bond donors (Lipinski definition) is 0. The van der Waals surface area contributed by atoms with Crippen molar-refractivity contribution in [1.82, 2.24) is 4.90 Å². The van der Waals surface area contributed by atoms with Gasteiger partial charge in [0.1, 0.15) is 12.0 Å². The Morgan fingerprint density at radius 2 is 2.26 bits per heavy atom. The van der Waals surface area contributed by atoms with E-state index in [9.17, 15) is 14.9 Å². The molecule has 0 aliphatic carbocycles. The molecule has 1 heterocycles. The molecule has 19 heavy (non-hydrogen) atoms. The third kappa shape index (κ3) is 2.90. The van der Waals surface area contributed by atoms with Crippen LogP contribution in [0, 0.1) is 10.1 Å². The van der Waals surface area contributed by atoms with E-state index >= 15 is 0 Å². The Hall–Kier alpha value is -1.95. The van der Waals surface area contributed by atoms with E-state index < -0.39 is 0 Å². The molecule has 6 nitrogen and oxygen atoms in total. The summed E-state index contributed by atoms with van der Waals surface area (Å²) < 4.78 is 0. The lowest BCUT2D eigenvalue weighted by Crippen LogP contribution is -2.35. The Morgan fingerprint density at radius 3 is 2.95 bits per heavy atom. The highest BCUT2D eigenvalue weighted by atomic mass is 16.6. The lowest BCUT2D eigenvalue weighted by atomic mass is 10.2. The SMILES string of the molecule is CN(CC=O)C1CCN(c2ccccc2[N+](=O)[O-])C1. The second kappa shape index (κ2) is 5.79. The third-order valence-electron chi connectivity index (χ3n) is 3.57. The summed E-state index contributed by atoms with van der Waals surface area (Å²) in [6, 6.07) is 7.06. The molecule has 102 valence electrons. The van der Waals surface area contributed by atoms with Crippen LogP contribution in [0.25, 0.3) is 0 Å². The van der Waals surface area contributed by atoms with Crippen molar-refractivity contribution in [2.45, 2.75) is 12.5 Å². The number of benzene rings is 1. The standard InChI is InChI=1S/C13H17N3O3/c1-14(8-9-17)11-6-7-15(10-11)12-4-2-3-5-13(12)16(18)19/h2-5,9,11H,6-8,10H2,1H3. The van der Waals surface area contributed by atoms with Crippen molar-refractivity contribution in [3.05, 3.63) is 34.4 Å². The highest BCUT2D eigenvalue weighted by Crippen LogP contribution is 2.30. The predicted molar refractivity (Wildman–Crippen MR) is 72.4 cm³/mol. The molecular weight excluding hydrogens is 246 g/mol. The molecule has 1 saturated heterocycles. The van der Waals surface area contributed by atoms with Crippen LogP contribution in [0.1, 0.15) is 6.42 Å². The average molecular weight is 263 g/mol. The number of hydrogen-bond acceptors (Lipinski definition) is 5. The zero-order chi connectivity index (χ0) is 13.8. The summed E-state index contributed by atoms with van der Waals surface area (Å²) in [5.74, 6) is 0. The predicted octanol–water partition coefficient (Wildman–Crippen LogP) is 1.30. The molecule has 1 fully saturated rings. The van der Waals surface area contributed by atoms with Gasteiger partial charge in [-0.1, -0.05) is 12.1 Å². The van der Waals surface area contributed by atoms with Gasteiger partial charge in [0.2, 0.25) is 0 Å². The largest absolute Gasteiger partial charge is 0.364 e. The van der Waals surface area contributed by atoms with E-state index in [1.54, 1.807) is 12.1 Å². The highest BCUT2D eigenvalue weighted by molar-refractivity contribution is 5.63. The molecule has 1 unspecified atom stereocenters. The zero-order valence-corrected chi connectivity index (χ0v) is 10.9. The van der Waals surface area contributed by atoms with E-state index in [1.165, 1.54) is 6.07 Å². The molecule has 0 N–H and O–H groups in total. The van der Waals surface area contributed by atoms with Crippen LogP contribution < -0.4 is 4.90 Å². The lowest BCUT2D eigenvalue weighted by molar-refractivity contribution is -0.384. The fraction of sp³-hybridized carbons (Fsp3) is 0.462. The fourth-order valence-corrected chi connectivity index (χ4v) is 2.47. The molecule has 1 aromatic carbocycles. The normalized spacial score (nSPS) is 18.8. The number of likely N-dealkylation sites (N-methyl/N-ethyl adjacent to an activating group) is 1. The number of nitro benzene ring substituents is 1. The van der Waals surface area contributed by atoms with E-state index in [-0.39, 0.29) is 16.7 Å². The van der Waals surface area contributed by atoms with Gasteiger partial charge in [0.25, 0.3) is 5.69 Å². The van der Waals surface area contributed by atoms with Crippen molar-refractivity contribution in [1.29, 1.82) is 0 Å². The van der Waals surface area contributed by atoms with Gasteiger partial charge in [-0.05, 0) is 19.5 Å². The van der Waals surface area contributed by atoms with Gasteiger partial charge in [-0.15, -0.1) is 0 Å². The second-order valence-corrected chi connectivity index (χ2v) is 4.74. The summed E-state index contributed by atoms with van der Waals surface area (Å²) in [6.07, 6.45) is 1.80. The van der Waals surface area contributed by atoms with Crippen LogP contribution in [0.15, 0.2) is 24.3 Å². The van der Waals surface area contributed by atoms with Gasteiger partial charge >= 0.3 is 0 Å². The first-order valence-electron chi connectivity index (χ1n) is 6.25. The van der Waals surface area contributed by atoms with E-state index in [4.69, 9.17) is 0 Å². The van der Waals surface area contributed by atoms with Gasteiger partial charge in [-0.3, -0.25) is 15.0 Å². The van der Waals surface area contributed by atoms with E-state index in [2.05, 4.69) is 0 Å². The lowest BCUT2D eigenvalue weighted by Gasteiger charge is -2.23. The zero-order valence-electron chi connectivity index (χ0n) is 10.9. The van der Waals surface area contributed by atoms with Crippen LogP contribution in [-0.4, -0.2) is 48.8 Å². The summed E-state index contributed by atoms with van der Waals surface area (Å²) in [7, 11) is 1.90. The number of nitrogens with zero attached hydrogens (tertiary/aromatic N) is 3. The Bertz CT molecular complexity index is 478. The molecule has 0 saturated carbocycles. The molecule has 0 aromatic heterocycles. The molecule has 1 aliphatic heterocycles. The van der Waals surface area contributed by atoms with Crippen molar-refractivity contribution in [3.63, 3.8) is 0 Å². The number of rotatable bonds is 5. The minimum Gasteiger partial charge on any atom is -0.364 e. The van der Waals surface area contributed by atoms with Crippen LogP contribution >= 0.6 is 0 Å². The number of anilines is 1. The first-order valence-corrected chi connectivity index (χ1v) is 6.25. The van der Waals surface area contributed by atoms with Gasteiger partial charge in [-0.25, -0.2) is 0 Å². The van der Waals surface area contributed by atoms with Gasteiger partial charge in [0.15, 0.2) is 0 Å². The van der Waals surface area contributed by atoms with Gasteiger partial charge in [-0.2, -0.15) is 0 Å². The van der Waals surface area contributed by atoms with Gasteiger partial charge in [0, 0.05) is 25.2 Å². The summed E-state index contributed by atoms with van der Waals surface area (Å²) in [6.45, 7) is 1.89. The maximum absolute atomic E-state index is 11.0. The smallest absolute Gasteiger partial charge is 0.292 e. The maximum atomic E-state index is 11.0. The Balaban J connectivity index is 2.13. The molecule has 0 bridgehead atoms. The topological polar surface area (TPSA) is 66.7 Å². The number of carbonyl (C=O) groups excluding carboxylic acids is 1. The van der Waals surface area contributed by atoms with Gasteiger partial charge in [0.05, 0.1) is 11.5 Å². The number of nitro groups is 1. The minimum absolute atomic E-state index is 0.140. The number of para-hydroxylation sites is 2. The monoisotopic (exact) mass is 263 g/mol. The van der Waals surface area contributed by atoms with Gasteiger partial charge < -0.3 is 9.69 Å². The summed E-state index contributed by atoms with van der Waals surface area (Å²) >= 11 is 0. The maximum Gasteiger partial charge on any atom is 0.292 e. The third-order valence-corrected chi connectivity index (χ3v) is 3.57. The van der Waals surface area contributed by atoms with Crippen LogP contribution in [0.5, 0.6) is 0 Å². The minimum atomic E-state index is -0.349. The van der Waals surface area contributed by atoms with E-state index in [1.807, 2.05) is 22.9 Å². The summed E-state index contributed by atoms with van der Waals surface area (Å²) in [4.78, 5) is 25.2. The van der Waals surface area contributed by atoms with Crippen molar-refractivity contribution >= 4 is 17.7 Å². The Kier molecular flexibility index (Phi) is 4.11. The molecule has 2 rings (SSSR count). The first-order chi connectivity index (χ1) is 9.13. The molecule has 1 aliphatic rings. The Labute approximate surface area is 111 Å². The van der Waals surface area contributed by atoms with Crippen molar-refractivity contribution in [3.8, 4) is 0 Å². The molecule has 6 heteroatoms. The van der Waals surface area contributed by atoms with Crippen molar-refractivity contribution in [2.24, 2.45) is 0 Å². The fourth-order valence-electron chi connectivity index (χ4n) is 2.47. The average Bonchev–Trinajstić information content (AvgIpc) is 2.88. The van der Waals surface area contributed by atoms with Crippen LogP contribution in [-0.2, 0) is 4.79 Å². The summed E-state index contributed by atoms with van der Waals surface area (Å²) in [5, 5.41) is 11.0. The molecule has 0 spiro atoms. The quantitative estimate of drug-likeness (QED) is 0.455. The van der Waals surface area contributed by atoms with Crippen LogP contribution in [0.2, 0.25) is 0 Å². The van der Waals surface area contributed by atoms with E-state index in [0.717, 1.165) is 25.8 Å². The number of aldehydes is 1. The molecule has 0 radical (unpaired) electrons. The Morgan fingerprint density at radius 1 is 1.53 bits per heavy atom. The van der Waals surface area contributed by atoms with E-state index in [0.29, 0.717) is 12.2 Å².